The molecule has 5 heteroatoms. The summed E-state index contributed by atoms with van der Waals surface area (Å²) in [5.74, 6) is -0.923. The summed E-state index contributed by atoms with van der Waals surface area (Å²) in [6.07, 6.45) is 1.30. The van der Waals surface area contributed by atoms with E-state index in [2.05, 4.69) is 26.8 Å². The van der Waals surface area contributed by atoms with E-state index < -0.39 is 5.97 Å². The van der Waals surface area contributed by atoms with Crippen LogP contribution in [-0.4, -0.2) is 33.9 Å². The Morgan fingerprint density at radius 1 is 1.29 bits per heavy atom. The van der Waals surface area contributed by atoms with Crippen LogP contribution in [-0.2, 0) is 18.4 Å². The second-order valence-corrected chi connectivity index (χ2v) is 7.31. The van der Waals surface area contributed by atoms with E-state index in [0.717, 1.165) is 27.7 Å². The fourth-order valence-electron chi connectivity index (χ4n) is 3.25. The van der Waals surface area contributed by atoms with Crippen molar-refractivity contribution in [2.24, 2.45) is 5.73 Å². The number of nitrogens with zero attached hydrogens (tertiary/aromatic N) is 1. The first kappa shape index (κ1) is 18.5. The molecule has 0 aliphatic rings. The first-order chi connectivity index (χ1) is 11.2. The molecule has 0 amide bonds. The Labute approximate surface area is 143 Å². The SMILES string of the molecule is Cc1c(CCN)c2cc(C(C)(C)C)cc(C(=O)O)c2n1CCCO. The van der Waals surface area contributed by atoms with Crippen molar-refractivity contribution >= 4 is 16.9 Å². The van der Waals surface area contributed by atoms with Gasteiger partial charge in [0.25, 0.3) is 0 Å². The molecular weight excluding hydrogens is 304 g/mol. The summed E-state index contributed by atoms with van der Waals surface area (Å²) in [5, 5.41) is 19.9. The van der Waals surface area contributed by atoms with Crippen molar-refractivity contribution in [1.29, 1.82) is 0 Å². The number of aryl methyl sites for hydroxylation is 1. The van der Waals surface area contributed by atoms with Crippen molar-refractivity contribution in [3.05, 3.63) is 34.5 Å². The van der Waals surface area contributed by atoms with Crippen molar-refractivity contribution < 1.29 is 15.0 Å². The maximum absolute atomic E-state index is 11.9. The third-order valence-corrected chi connectivity index (χ3v) is 4.58. The Morgan fingerprint density at radius 2 is 1.96 bits per heavy atom. The third kappa shape index (κ3) is 3.32. The molecule has 24 heavy (non-hydrogen) atoms. The van der Waals surface area contributed by atoms with Crippen LogP contribution in [0.15, 0.2) is 12.1 Å². The number of carboxylic acid groups (broad SMARTS) is 1. The van der Waals surface area contributed by atoms with Crippen LogP contribution in [0.5, 0.6) is 0 Å². The zero-order valence-electron chi connectivity index (χ0n) is 15.0. The van der Waals surface area contributed by atoms with Gasteiger partial charge < -0.3 is 20.5 Å². The van der Waals surface area contributed by atoms with Crippen LogP contribution in [0.3, 0.4) is 0 Å². The van der Waals surface area contributed by atoms with Gasteiger partial charge in [-0.2, -0.15) is 0 Å². The summed E-state index contributed by atoms with van der Waals surface area (Å²) in [6.45, 7) is 9.44. The molecule has 5 nitrogen and oxygen atoms in total. The molecule has 0 fully saturated rings. The van der Waals surface area contributed by atoms with Gasteiger partial charge in [-0.1, -0.05) is 20.8 Å². The number of hydrogen-bond donors (Lipinski definition) is 3. The minimum Gasteiger partial charge on any atom is -0.478 e. The minimum atomic E-state index is -0.923. The molecule has 0 spiro atoms. The predicted molar refractivity (Wildman–Crippen MR) is 96.8 cm³/mol. The second-order valence-electron chi connectivity index (χ2n) is 7.31. The Morgan fingerprint density at radius 3 is 2.46 bits per heavy atom. The molecule has 0 bridgehead atoms. The zero-order valence-corrected chi connectivity index (χ0v) is 15.0. The normalized spacial score (nSPS) is 12.1. The molecular formula is C19H28N2O3. The summed E-state index contributed by atoms with van der Waals surface area (Å²) in [6, 6.07) is 3.89. The Bertz CT molecular complexity index is 754. The summed E-state index contributed by atoms with van der Waals surface area (Å²) in [7, 11) is 0. The minimum absolute atomic E-state index is 0.0772. The Kier molecular flexibility index (Phi) is 5.35. The summed E-state index contributed by atoms with van der Waals surface area (Å²) >= 11 is 0. The largest absolute Gasteiger partial charge is 0.478 e. The molecule has 132 valence electrons. The highest BCUT2D eigenvalue weighted by molar-refractivity contribution is 6.04. The lowest BCUT2D eigenvalue weighted by Crippen LogP contribution is -2.13. The van der Waals surface area contributed by atoms with Crippen molar-refractivity contribution in [3.63, 3.8) is 0 Å². The van der Waals surface area contributed by atoms with Crippen molar-refractivity contribution in [3.8, 4) is 0 Å². The first-order valence-corrected chi connectivity index (χ1v) is 8.42. The quantitative estimate of drug-likeness (QED) is 0.759. The highest BCUT2D eigenvalue weighted by Crippen LogP contribution is 2.34. The van der Waals surface area contributed by atoms with Gasteiger partial charge in [0.05, 0.1) is 11.1 Å². The molecule has 0 unspecified atom stereocenters. The number of rotatable bonds is 6. The highest BCUT2D eigenvalue weighted by atomic mass is 16.4. The van der Waals surface area contributed by atoms with Crippen LogP contribution < -0.4 is 5.73 Å². The molecule has 0 atom stereocenters. The average Bonchev–Trinajstić information content (AvgIpc) is 2.76. The number of carboxylic acids is 1. The molecule has 4 N–H and O–H groups in total. The van der Waals surface area contributed by atoms with Gasteiger partial charge in [0.1, 0.15) is 0 Å². The summed E-state index contributed by atoms with van der Waals surface area (Å²) in [5.41, 5.74) is 9.86. The van der Waals surface area contributed by atoms with Crippen LogP contribution >= 0.6 is 0 Å². The van der Waals surface area contributed by atoms with Gasteiger partial charge in [-0.3, -0.25) is 0 Å². The molecule has 0 saturated carbocycles. The molecule has 1 aromatic carbocycles. The standard InChI is InChI=1S/C19H28N2O3/c1-12-14(6-7-20)15-10-13(19(2,3)4)11-16(18(23)24)17(15)21(12)8-5-9-22/h10-11,22H,5-9,20H2,1-4H3,(H,23,24). The molecule has 0 aliphatic heterocycles. The van der Waals surface area contributed by atoms with Crippen LogP contribution in [0.2, 0.25) is 0 Å². The number of aromatic nitrogens is 1. The van der Waals surface area contributed by atoms with Crippen LogP contribution in [0.4, 0.5) is 0 Å². The van der Waals surface area contributed by atoms with Gasteiger partial charge in [0, 0.05) is 24.2 Å². The van der Waals surface area contributed by atoms with Gasteiger partial charge in [-0.05, 0) is 55.0 Å². The fraction of sp³-hybridized carbons (Fsp3) is 0.526. The van der Waals surface area contributed by atoms with Gasteiger partial charge in [0.2, 0.25) is 0 Å². The smallest absolute Gasteiger partial charge is 0.337 e. The number of carbonyl (C=O) groups is 1. The number of aliphatic hydroxyl groups excluding tert-OH is 1. The van der Waals surface area contributed by atoms with Crippen LogP contribution in [0.25, 0.3) is 10.9 Å². The van der Waals surface area contributed by atoms with E-state index in [1.807, 2.05) is 11.5 Å². The number of aromatic carboxylic acids is 1. The number of fused-ring (bicyclic) bond motifs is 1. The molecule has 0 aliphatic carbocycles. The van der Waals surface area contributed by atoms with E-state index in [0.29, 0.717) is 31.5 Å². The van der Waals surface area contributed by atoms with Crippen molar-refractivity contribution in [2.75, 3.05) is 13.2 Å². The molecule has 0 radical (unpaired) electrons. The van der Waals surface area contributed by atoms with Gasteiger partial charge in [-0.25, -0.2) is 4.79 Å². The molecule has 0 saturated heterocycles. The zero-order chi connectivity index (χ0) is 18.1. The third-order valence-electron chi connectivity index (χ3n) is 4.58. The lowest BCUT2D eigenvalue weighted by molar-refractivity contribution is 0.0698. The lowest BCUT2D eigenvalue weighted by atomic mass is 9.84. The maximum atomic E-state index is 11.9. The number of aliphatic hydroxyl groups is 1. The van der Waals surface area contributed by atoms with E-state index in [1.165, 1.54) is 0 Å². The van der Waals surface area contributed by atoms with Crippen LogP contribution in [0, 0.1) is 6.92 Å². The van der Waals surface area contributed by atoms with Crippen molar-refractivity contribution in [1.82, 2.24) is 4.57 Å². The maximum Gasteiger partial charge on any atom is 0.337 e. The number of nitrogens with two attached hydrogens (primary N) is 1. The summed E-state index contributed by atoms with van der Waals surface area (Å²) in [4.78, 5) is 11.9. The van der Waals surface area contributed by atoms with Gasteiger partial charge >= 0.3 is 5.97 Å². The van der Waals surface area contributed by atoms with E-state index >= 15 is 0 Å². The van der Waals surface area contributed by atoms with E-state index in [4.69, 9.17) is 5.73 Å². The predicted octanol–water partition coefficient (Wildman–Crippen LogP) is 2.83. The molecule has 2 aromatic rings. The lowest BCUT2D eigenvalue weighted by Gasteiger charge is -2.20. The van der Waals surface area contributed by atoms with E-state index in [1.54, 1.807) is 6.07 Å². The number of benzene rings is 1. The highest BCUT2D eigenvalue weighted by Gasteiger charge is 2.24. The summed E-state index contributed by atoms with van der Waals surface area (Å²) < 4.78 is 2.02. The Hall–Kier alpha value is -1.85. The molecule has 1 aromatic heterocycles. The number of hydrogen-bond acceptors (Lipinski definition) is 3. The molecule has 2 rings (SSSR count). The van der Waals surface area contributed by atoms with Crippen LogP contribution in [0.1, 0.15) is 54.4 Å². The van der Waals surface area contributed by atoms with E-state index in [-0.39, 0.29) is 12.0 Å². The van der Waals surface area contributed by atoms with Gasteiger partial charge in [-0.15, -0.1) is 0 Å². The van der Waals surface area contributed by atoms with E-state index in [9.17, 15) is 15.0 Å². The first-order valence-electron chi connectivity index (χ1n) is 8.42. The monoisotopic (exact) mass is 332 g/mol. The second kappa shape index (κ2) is 6.95. The van der Waals surface area contributed by atoms with Gasteiger partial charge in [0.15, 0.2) is 0 Å². The Balaban J connectivity index is 2.87. The van der Waals surface area contributed by atoms with Crippen molar-refractivity contribution in [2.45, 2.75) is 52.5 Å². The fourth-order valence-corrected chi connectivity index (χ4v) is 3.25. The average molecular weight is 332 g/mol. The molecule has 1 heterocycles. The topological polar surface area (TPSA) is 88.5 Å².